The Kier molecular flexibility index (Phi) is 5.42. The molecule has 0 bridgehead atoms. The van der Waals surface area contributed by atoms with E-state index in [1.54, 1.807) is 0 Å². The van der Waals surface area contributed by atoms with Crippen LogP contribution in [-0.4, -0.2) is 16.3 Å². The number of aryl methyl sites for hydroxylation is 2. The van der Waals surface area contributed by atoms with Crippen LogP contribution in [0.15, 0.2) is 22.7 Å². The van der Waals surface area contributed by atoms with E-state index in [1.807, 2.05) is 37.7 Å². The first-order chi connectivity index (χ1) is 10.0. The largest absolute Gasteiger partial charge is 0.453 e. The highest BCUT2D eigenvalue weighted by Crippen LogP contribution is 2.31. The second-order valence-corrected chi connectivity index (χ2v) is 6.07. The quantitative estimate of drug-likeness (QED) is 0.796. The van der Waals surface area contributed by atoms with Gasteiger partial charge in [0.2, 0.25) is 0 Å². The van der Waals surface area contributed by atoms with Crippen LogP contribution in [0.1, 0.15) is 30.3 Å². The summed E-state index contributed by atoms with van der Waals surface area (Å²) in [5, 5.41) is 7.81. The van der Waals surface area contributed by atoms with E-state index >= 15 is 0 Å². The summed E-state index contributed by atoms with van der Waals surface area (Å²) in [6, 6.07) is 6.09. The van der Waals surface area contributed by atoms with E-state index in [2.05, 4.69) is 39.3 Å². The van der Waals surface area contributed by atoms with Gasteiger partial charge >= 0.3 is 0 Å². The highest BCUT2D eigenvalue weighted by atomic mass is 79.9. The molecule has 0 atom stereocenters. The zero-order valence-corrected chi connectivity index (χ0v) is 14.6. The van der Waals surface area contributed by atoms with Gasteiger partial charge in [0.25, 0.3) is 0 Å². The van der Waals surface area contributed by atoms with Gasteiger partial charge in [0, 0.05) is 23.6 Å². The maximum absolute atomic E-state index is 6.13. The second-order valence-electron chi connectivity index (χ2n) is 5.15. The van der Waals surface area contributed by atoms with Crippen LogP contribution in [0.5, 0.6) is 11.5 Å². The minimum Gasteiger partial charge on any atom is -0.453 e. The van der Waals surface area contributed by atoms with Crippen molar-refractivity contribution in [1.82, 2.24) is 15.1 Å². The molecule has 1 aromatic carbocycles. The number of halogens is 1. The van der Waals surface area contributed by atoms with Crippen LogP contribution >= 0.6 is 15.9 Å². The molecule has 5 heteroatoms. The maximum Gasteiger partial charge on any atom is 0.171 e. The smallest absolute Gasteiger partial charge is 0.171 e. The van der Waals surface area contributed by atoms with E-state index in [0.29, 0.717) is 0 Å². The monoisotopic (exact) mass is 351 g/mol. The molecule has 0 radical (unpaired) electrons. The van der Waals surface area contributed by atoms with Crippen molar-refractivity contribution >= 4 is 15.9 Å². The van der Waals surface area contributed by atoms with Gasteiger partial charge in [0.15, 0.2) is 5.75 Å². The van der Waals surface area contributed by atoms with Gasteiger partial charge in [0.1, 0.15) is 11.4 Å². The molecular weight excluding hydrogens is 330 g/mol. The van der Waals surface area contributed by atoms with Crippen LogP contribution in [0.3, 0.4) is 0 Å². The Hall–Kier alpha value is -1.33. The SMILES string of the molecule is CCCNCc1cc(Br)ccc1Oc1c(C)nn(C)c1C. The predicted molar refractivity (Wildman–Crippen MR) is 88.9 cm³/mol. The maximum atomic E-state index is 6.13. The zero-order valence-electron chi connectivity index (χ0n) is 13.0. The molecule has 0 unspecified atom stereocenters. The topological polar surface area (TPSA) is 39.1 Å². The van der Waals surface area contributed by atoms with Gasteiger partial charge in [-0.3, -0.25) is 4.68 Å². The lowest BCUT2D eigenvalue weighted by Crippen LogP contribution is -2.14. The lowest BCUT2D eigenvalue weighted by molar-refractivity contribution is 0.464. The number of benzene rings is 1. The third-order valence-electron chi connectivity index (χ3n) is 3.42. The van der Waals surface area contributed by atoms with Crippen LogP contribution in [0.25, 0.3) is 0 Å². The average Bonchev–Trinajstić information content (AvgIpc) is 2.68. The van der Waals surface area contributed by atoms with Gasteiger partial charge in [-0.2, -0.15) is 5.10 Å². The minimum atomic E-state index is 0.793. The molecule has 4 nitrogen and oxygen atoms in total. The molecule has 0 saturated heterocycles. The first-order valence-corrected chi connectivity index (χ1v) is 7.99. The number of nitrogens with one attached hydrogen (secondary N) is 1. The third kappa shape index (κ3) is 3.86. The van der Waals surface area contributed by atoms with Crippen LogP contribution in [-0.2, 0) is 13.6 Å². The first-order valence-electron chi connectivity index (χ1n) is 7.20. The highest BCUT2D eigenvalue weighted by molar-refractivity contribution is 9.10. The molecular formula is C16H22BrN3O. The minimum absolute atomic E-state index is 0.793. The van der Waals surface area contributed by atoms with Crippen molar-refractivity contribution in [1.29, 1.82) is 0 Å². The van der Waals surface area contributed by atoms with Crippen molar-refractivity contribution in [3.63, 3.8) is 0 Å². The molecule has 114 valence electrons. The summed E-state index contributed by atoms with van der Waals surface area (Å²) in [7, 11) is 1.93. The van der Waals surface area contributed by atoms with Gasteiger partial charge < -0.3 is 10.1 Å². The number of rotatable bonds is 6. The van der Waals surface area contributed by atoms with Gasteiger partial charge in [-0.1, -0.05) is 22.9 Å². The summed E-state index contributed by atoms with van der Waals surface area (Å²) in [6.45, 7) is 7.94. The highest BCUT2D eigenvalue weighted by Gasteiger charge is 2.14. The molecule has 0 aliphatic rings. The van der Waals surface area contributed by atoms with Crippen LogP contribution in [0.4, 0.5) is 0 Å². The molecule has 21 heavy (non-hydrogen) atoms. The summed E-state index contributed by atoms with van der Waals surface area (Å²) in [5.41, 5.74) is 3.08. The van der Waals surface area contributed by atoms with E-state index in [0.717, 1.165) is 52.4 Å². The molecule has 0 saturated carbocycles. The Balaban J connectivity index is 2.26. The molecule has 0 fully saturated rings. The Labute approximate surface area is 134 Å². The molecule has 1 heterocycles. The number of hydrogen-bond donors (Lipinski definition) is 1. The van der Waals surface area contributed by atoms with Crippen molar-refractivity contribution in [2.24, 2.45) is 7.05 Å². The molecule has 0 spiro atoms. The summed E-state index contributed by atoms with van der Waals surface area (Å²) in [4.78, 5) is 0. The summed E-state index contributed by atoms with van der Waals surface area (Å²) in [5.74, 6) is 1.72. The van der Waals surface area contributed by atoms with Crippen LogP contribution < -0.4 is 10.1 Å². The molecule has 0 aliphatic carbocycles. The molecule has 0 aliphatic heterocycles. The Morgan fingerprint density at radius 1 is 1.33 bits per heavy atom. The van der Waals surface area contributed by atoms with Crippen molar-refractivity contribution in [2.45, 2.75) is 33.7 Å². The number of hydrogen-bond acceptors (Lipinski definition) is 3. The molecule has 2 aromatic rings. The molecule has 1 aromatic heterocycles. The standard InChI is InChI=1S/C16H22BrN3O/c1-5-8-18-10-13-9-14(17)6-7-15(13)21-16-11(2)19-20(4)12(16)3/h6-7,9,18H,5,8,10H2,1-4H3. The average molecular weight is 352 g/mol. The van der Waals surface area contributed by atoms with Crippen molar-refractivity contribution in [3.8, 4) is 11.5 Å². The fourth-order valence-corrected chi connectivity index (χ4v) is 2.61. The van der Waals surface area contributed by atoms with Gasteiger partial charge in [0.05, 0.1) is 5.69 Å². The fraction of sp³-hybridized carbons (Fsp3) is 0.438. The first kappa shape index (κ1) is 16.0. The van der Waals surface area contributed by atoms with E-state index in [1.165, 1.54) is 0 Å². The van der Waals surface area contributed by atoms with E-state index in [4.69, 9.17) is 4.74 Å². The number of nitrogens with zero attached hydrogens (tertiary/aromatic N) is 2. The van der Waals surface area contributed by atoms with Gasteiger partial charge in [-0.15, -0.1) is 0 Å². The summed E-state index contributed by atoms with van der Waals surface area (Å²) in [6.07, 6.45) is 1.12. The zero-order chi connectivity index (χ0) is 15.4. The van der Waals surface area contributed by atoms with E-state index in [-0.39, 0.29) is 0 Å². The number of aromatic nitrogens is 2. The number of ether oxygens (including phenoxy) is 1. The van der Waals surface area contributed by atoms with E-state index < -0.39 is 0 Å². The van der Waals surface area contributed by atoms with Crippen molar-refractivity contribution in [2.75, 3.05) is 6.54 Å². The van der Waals surface area contributed by atoms with Gasteiger partial charge in [-0.05, 0) is 45.0 Å². The Bertz CT molecular complexity index is 622. The second kappa shape index (κ2) is 7.09. The lowest BCUT2D eigenvalue weighted by atomic mass is 10.2. The van der Waals surface area contributed by atoms with Crippen LogP contribution in [0, 0.1) is 13.8 Å². The lowest BCUT2D eigenvalue weighted by Gasteiger charge is -2.12. The predicted octanol–water partition coefficient (Wildman–Crippen LogP) is 4.09. The molecule has 0 amide bonds. The third-order valence-corrected chi connectivity index (χ3v) is 3.91. The van der Waals surface area contributed by atoms with Crippen molar-refractivity contribution < 1.29 is 4.74 Å². The van der Waals surface area contributed by atoms with E-state index in [9.17, 15) is 0 Å². The Morgan fingerprint density at radius 3 is 2.71 bits per heavy atom. The summed E-state index contributed by atoms with van der Waals surface area (Å²) < 4.78 is 9.04. The molecule has 1 N–H and O–H groups in total. The van der Waals surface area contributed by atoms with Crippen LogP contribution in [0.2, 0.25) is 0 Å². The molecule has 2 rings (SSSR count). The Morgan fingerprint density at radius 2 is 2.10 bits per heavy atom. The normalized spacial score (nSPS) is 10.9. The summed E-state index contributed by atoms with van der Waals surface area (Å²) >= 11 is 3.52. The van der Waals surface area contributed by atoms with Gasteiger partial charge in [-0.25, -0.2) is 0 Å². The fourth-order valence-electron chi connectivity index (χ4n) is 2.20. The van der Waals surface area contributed by atoms with Crippen molar-refractivity contribution in [3.05, 3.63) is 39.6 Å².